The number of esters is 2. The van der Waals surface area contributed by atoms with Gasteiger partial charge in [0.05, 0.1) is 13.2 Å². The van der Waals surface area contributed by atoms with Crippen LogP contribution in [-0.2, 0) is 19.1 Å². The van der Waals surface area contributed by atoms with Crippen molar-refractivity contribution < 1.29 is 19.1 Å². The Morgan fingerprint density at radius 3 is 1.54 bits per heavy atom. The first-order valence-corrected chi connectivity index (χ1v) is 11.9. The zero-order chi connectivity index (χ0) is 20.8. The monoisotopic (exact) mass is 396 g/mol. The minimum atomic E-state index is -1.07. The maximum atomic E-state index is 13.0. The van der Waals surface area contributed by atoms with Gasteiger partial charge in [0, 0.05) is 0 Å². The van der Waals surface area contributed by atoms with Gasteiger partial charge in [0.1, 0.15) is 0 Å². The van der Waals surface area contributed by atoms with Gasteiger partial charge in [-0.1, -0.05) is 85.5 Å². The fourth-order valence-electron chi connectivity index (χ4n) is 4.11. The van der Waals surface area contributed by atoms with Crippen molar-refractivity contribution in [1.82, 2.24) is 0 Å². The van der Waals surface area contributed by atoms with Crippen LogP contribution in [-0.4, -0.2) is 25.2 Å². The lowest BCUT2D eigenvalue weighted by Gasteiger charge is -2.33. The molecule has 2 unspecified atom stereocenters. The van der Waals surface area contributed by atoms with Crippen LogP contribution in [0.15, 0.2) is 0 Å². The van der Waals surface area contributed by atoms with Gasteiger partial charge in [-0.15, -0.1) is 0 Å². The molecule has 28 heavy (non-hydrogen) atoms. The minimum Gasteiger partial charge on any atom is -0.465 e. The SMILES string of the molecule is CCCCC(CC)COC(=O)C1(C(=O)OCC(CC)CCCC)CCCCC1. The smallest absolute Gasteiger partial charge is 0.323 e. The zero-order valence-electron chi connectivity index (χ0n) is 18.9. The molecule has 0 saturated heterocycles. The second-order valence-corrected chi connectivity index (χ2v) is 8.67. The van der Waals surface area contributed by atoms with E-state index in [2.05, 4.69) is 27.7 Å². The minimum absolute atomic E-state index is 0.339. The maximum Gasteiger partial charge on any atom is 0.323 e. The second kappa shape index (κ2) is 14.0. The Balaban J connectivity index is 2.69. The Hall–Kier alpha value is -1.06. The van der Waals surface area contributed by atoms with Crippen molar-refractivity contribution in [3.63, 3.8) is 0 Å². The summed E-state index contributed by atoms with van der Waals surface area (Å²) in [6, 6.07) is 0. The van der Waals surface area contributed by atoms with E-state index in [9.17, 15) is 9.59 Å². The summed E-state index contributed by atoms with van der Waals surface area (Å²) in [4.78, 5) is 26.0. The normalized spacial score (nSPS) is 18.3. The fourth-order valence-corrected chi connectivity index (χ4v) is 4.11. The highest BCUT2D eigenvalue weighted by molar-refractivity contribution is 6.00. The van der Waals surface area contributed by atoms with Crippen molar-refractivity contribution in [3.05, 3.63) is 0 Å². The quantitative estimate of drug-likeness (QED) is 0.250. The molecular formula is C24H44O4. The van der Waals surface area contributed by atoms with E-state index in [4.69, 9.17) is 9.47 Å². The largest absolute Gasteiger partial charge is 0.465 e. The van der Waals surface area contributed by atoms with Gasteiger partial charge in [-0.25, -0.2) is 0 Å². The summed E-state index contributed by atoms with van der Waals surface area (Å²) < 4.78 is 11.4. The summed E-state index contributed by atoms with van der Waals surface area (Å²) in [7, 11) is 0. The summed E-state index contributed by atoms with van der Waals surface area (Å²) in [5.74, 6) is 0.0978. The molecule has 0 heterocycles. The average Bonchev–Trinajstić information content (AvgIpc) is 2.74. The predicted molar refractivity (Wildman–Crippen MR) is 114 cm³/mol. The Morgan fingerprint density at radius 1 is 0.750 bits per heavy atom. The molecule has 164 valence electrons. The number of hydrogen-bond donors (Lipinski definition) is 0. The summed E-state index contributed by atoms with van der Waals surface area (Å²) in [6.07, 6.45) is 12.8. The van der Waals surface area contributed by atoms with E-state index in [1.165, 1.54) is 0 Å². The average molecular weight is 397 g/mol. The zero-order valence-corrected chi connectivity index (χ0v) is 18.9. The Labute approximate surface area is 173 Å². The maximum absolute atomic E-state index is 13.0. The first kappa shape index (κ1) is 25.0. The van der Waals surface area contributed by atoms with E-state index in [1.54, 1.807) is 0 Å². The molecule has 2 atom stereocenters. The van der Waals surface area contributed by atoms with Crippen LogP contribution < -0.4 is 0 Å². The summed E-state index contributed by atoms with van der Waals surface area (Å²) in [6.45, 7) is 9.49. The molecule has 0 radical (unpaired) electrons. The third kappa shape index (κ3) is 7.75. The lowest BCUT2D eigenvalue weighted by atomic mass is 9.74. The molecule has 0 spiro atoms. The molecule has 1 rings (SSSR count). The Morgan fingerprint density at radius 2 is 1.18 bits per heavy atom. The molecule has 1 fully saturated rings. The van der Waals surface area contributed by atoms with Gasteiger partial charge < -0.3 is 9.47 Å². The highest BCUT2D eigenvalue weighted by atomic mass is 16.6. The van der Waals surface area contributed by atoms with Crippen LogP contribution in [0.3, 0.4) is 0 Å². The topological polar surface area (TPSA) is 52.6 Å². The molecule has 0 bridgehead atoms. The summed E-state index contributed by atoms with van der Waals surface area (Å²) in [5, 5.41) is 0. The van der Waals surface area contributed by atoms with Gasteiger partial charge in [-0.05, 0) is 37.5 Å². The van der Waals surface area contributed by atoms with Gasteiger partial charge in [-0.3, -0.25) is 9.59 Å². The van der Waals surface area contributed by atoms with Crippen LogP contribution in [0.1, 0.15) is 111 Å². The van der Waals surface area contributed by atoms with Crippen molar-refractivity contribution >= 4 is 11.9 Å². The van der Waals surface area contributed by atoms with E-state index < -0.39 is 5.41 Å². The van der Waals surface area contributed by atoms with E-state index in [0.717, 1.165) is 70.6 Å². The molecule has 0 aliphatic heterocycles. The number of ether oxygens (including phenoxy) is 2. The molecule has 4 nitrogen and oxygen atoms in total. The Bertz CT molecular complexity index is 406. The predicted octanol–water partition coefficient (Wildman–Crippen LogP) is 6.46. The van der Waals surface area contributed by atoms with E-state index in [0.29, 0.717) is 37.9 Å². The molecule has 0 aromatic heterocycles. The van der Waals surface area contributed by atoms with Crippen LogP contribution >= 0.6 is 0 Å². The molecule has 1 saturated carbocycles. The first-order valence-electron chi connectivity index (χ1n) is 11.9. The second-order valence-electron chi connectivity index (χ2n) is 8.67. The van der Waals surface area contributed by atoms with Crippen LogP contribution in [0.4, 0.5) is 0 Å². The molecular weight excluding hydrogens is 352 g/mol. The van der Waals surface area contributed by atoms with E-state index in [1.807, 2.05) is 0 Å². The molecule has 0 N–H and O–H groups in total. The molecule has 1 aliphatic carbocycles. The number of carbonyl (C=O) groups excluding carboxylic acids is 2. The molecule has 4 heteroatoms. The molecule has 0 aromatic rings. The lowest BCUT2D eigenvalue weighted by Crippen LogP contribution is -2.44. The van der Waals surface area contributed by atoms with Crippen molar-refractivity contribution in [2.24, 2.45) is 17.3 Å². The summed E-state index contributed by atoms with van der Waals surface area (Å²) >= 11 is 0. The third-order valence-corrected chi connectivity index (χ3v) is 6.48. The van der Waals surface area contributed by atoms with E-state index in [-0.39, 0.29) is 11.9 Å². The first-order chi connectivity index (χ1) is 13.5. The molecule has 0 amide bonds. The van der Waals surface area contributed by atoms with Crippen LogP contribution in [0.5, 0.6) is 0 Å². The number of rotatable bonds is 14. The van der Waals surface area contributed by atoms with Crippen LogP contribution in [0.2, 0.25) is 0 Å². The van der Waals surface area contributed by atoms with Gasteiger partial charge in [0.25, 0.3) is 0 Å². The van der Waals surface area contributed by atoms with Gasteiger partial charge >= 0.3 is 11.9 Å². The van der Waals surface area contributed by atoms with Crippen molar-refractivity contribution in [3.8, 4) is 0 Å². The van der Waals surface area contributed by atoms with Crippen molar-refractivity contribution in [2.75, 3.05) is 13.2 Å². The highest BCUT2D eigenvalue weighted by Gasteiger charge is 2.49. The van der Waals surface area contributed by atoms with Crippen LogP contribution in [0.25, 0.3) is 0 Å². The van der Waals surface area contributed by atoms with Crippen LogP contribution in [0, 0.1) is 17.3 Å². The standard InChI is InChI=1S/C24H44O4/c1-5-9-14-20(7-3)18-27-22(25)24(16-12-11-13-17-24)23(26)28-19-21(8-4)15-10-6-2/h20-21H,5-19H2,1-4H3. The molecule has 1 aliphatic rings. The number of unbranched alkanes of at least 4 members (excludes halogenated alkanes) is 2. The van der Waals surface area contributed by atoms with E-state index >= 15 is 0 Å². The van der Waals surface area contributed by atoms with Crippen molar-refractivity contribution in [1.29, 1.82) is 0 Å². The van der Waals surface area contributed by atoms with Gasteiger partial charge in [0.15, 0.2) is 5.41 Å². The molecule has 0 aromatic carbocycles. The third-order valence-electron chi connectivity index (χ3n) is 6.48. The Kier molecular flexibility index (Phi) is 12.5. The fraction of sp³-hybridized carbons (Fsp3) is 0.917. The highest BCUT2D eigenvalue weighted by Crippen LogP contribution is 2.39. The lowest BCUT2D eigenvalue weighted by molar-refractivity contribution is -0.177. The summed E-state index contributed by atoms with van der Waals surface area (Å²) in [5.41, 5.74) is -1.07. The van der Waals surface area contributed by atoms with Crippen molar-refractivity contribution in [2.45, 2.75) is 111 Å². The number of hydrogen-bond acceptors (Lipinski definition) is 4. The van der Waals surface area contributed by atoms with Gasteiger partial charge in [-0.2, -0.15) is 0 Å². The van der Waals surface area contributed by atoms with Gasteiger partial charge in [0.2, 0.25) is 0 Å². The number of carbonyl (C=O) groups is 2.